The van der Waals surface area contributed by atoms with E-state index in [0.717, 1.165) is 30.8 Å². The molecule has 0 saturated heterocycles. The second kappa shape index (κ2) is 8.44. The zero-order valence-electron chi connectivity index (χ0n) is 15.1. The van der Waals surface area contributed by atoms with E-state index in [2.05, 4.69) is 35.3 Å². The molecule has 0 unspecified atom stereocenters. The van der Waals surface area contributed by atoms with Crippen LogP contribution in [0.2, 0.25) is 0 Å². The predicted molar refractivity (Wildman–Crippen MR) is 98.5 cm³/mol. The van der Waals surface area contributed by atoms with Gasteiger partial charge < -0.3 is 5.32 Å². The first-order valence-electron chi connectivity index (χ1n) is 9.06. The summed E-state index contributed by atoms with van der Waals surface area (Å²) in [5.41, 5.74) is 5.05. The Morgan fingerprint density at radius 1 is 1.17 bits per heavy atom. The van der Waals surface area contributed by atoms with Gasteiger partial charge in [0.25, 0.3) is 0 Å². The highest BCUT2D eigenvalue weighted by Crippen LogP contribution is 2.34. The smallest absolute Gasteiger partial charge is 0.114 e. The molecule has 1 fully saturated rings. The standard InChI is InChI=1S/C19H31N3O/c1-5-22(6-2)13-17-15(4)19(21-23)14(3)12-18(17)20-16-10-8-7-9-11-16/h12,16,20H,5-11,13H2,1-4H3. The van der Waals surface area contributed by atoms with E-state index in [-0.39, 0.29) is 0 Å². The fraction of sp³-hybridized carbons (Fsp3) is 0.684. The summed E-state index contributed by atoms with van der Waals surface area (Å²) in [5.74, 6) is 0. The number of nitroso groups, excluding NO2 is 1. The molecule has 1 aromatic rings. The summed E-state index contributed by atoms with van der Waals surface area (Å²) in [6, 6.07) is 2.69. The van der Waals surface area contributed by atoms with Gasteiger partial charge in [-0.3, -0.25) is 4.90 Å². The molecule has 4 heteroatoms. The molecule has 0 aliphatic heterocycles. The predicted octanol–water partition coefficient (Wildman–Crippen LogP) is 5.29. The van der Waals surface area contributed by atoms with Crippen molar-refractivity contribution < 1.29 is 0 Å². The third-order valence-electron chi connectivity index (χ3n) is 5.20. The van der Waals surface area contributed by atoms with E-state index in [1.54, 1.807) is 0 Å². The lowest BCUT2D eigenvalue weighted by atomic mass is 9.93. The van der Waals surface area contributed by atoms with Crippen LogP contribution in [-0.4, -0.2) is 24.0 Å². The largest absolute Gasteiger partial charge is 0.382 e. The van der Waals surface area contributed by atoms with Crippen LogP contribution in [0.3, 0.4) is 0 Å². The molecule has 23 heavy (non-hydrogen) atoms. The molecule has 0 atom stereocenters. The van der Waals surface area contributed by atoms with Gasteiger partial charge in [0.15, 0.2) is 0 Å². The lowest BCUT2D eigenvalue weighted by molar-refractivity contribution is 0.295. The van der Waals surface area contributed by atoms with Crippen LogP contribution in [0.15, 0.2) is 11.2 Å². The number of rotatable bonds is 7. The number of hydrogen-bond acceptors (Lipinski definition) is 4. The number of benzene rings is 1. The molecule has 0 radical (unpaired) electrons. The van der Waals surface area contributed by atoms with E-state index in [9.17, 15) is 4.91 Å². The van der Waals surface area contributed by atoms with Crippen LogP contribution >= 0.6 is 0 Å². The van der Waals surface area contributed by atoms with Gasteiger partial charge in [-0.2, -0.15) is 0 Å². The molecule has 2 rings (SSSR count). The van der Waals surface area contributed by atoms with Gasteiger partial charge in [-0.05, 0) is 67.7 Å². The summed E-state index contributed by atoms with van der Waals surface area (Å²) >= 11 is 0. The van der Waals surface area contributed by atoms with Gasteiger partial charge in [0.05, 0.1) is 0 Å². The number of anilines is 1. The fourth-order valence-corrected chi connectivity index (χ4v) is 3.62. The Morgan fingerprint density at radius 2 is 1.83 bits per heavy atom. The second-order valence-electron chi connectivity index (χ2n) is 6.73. The summed E-state index contributed by atoms with van der Waals surface area (Å²) in [7, 11) is 0. The molecule has 1 aliphatic carbocycles. The zero-order valence-corrected chi connectivity index (χ0v) is 15.1. The third-order valence-corrected chi connectivity index (χ3v) is 5.20. The van der Waals surface area contributed by atoms with Gasteiger partial charge in [-0.1, -0.05) is 33.1 Å². The molecule has 0 heterocycles. The quantitative estimate of drug-likeness (QED) is 0.695. The van der Waals surface area contributed by atoms with Crippen molar-refractivity contribution in [2.75, 3.05) is 18.4 Å². The zero-order chi connectivity index (χ0) is 16.8. The van der Waals surface area contributed by atoms with Crippen LogP contribution in [0, 0.1) is 18.8 Å². The Kier molecular flexibility index (Phi) is 6.58. The van der Waals surface area contributed by atoms with Gasteiger partial charge in [0, 0.05) is 18.3 Å². The van der Waals surface area contributed by atoms with Crippen LogP contribution < -0.4 is 5.32 Å². The number of aryl methyl sites for hydroxylation is 1. The average Bonchev–Trinajstić information content (AvgIpc) is 2.56. The van der Waals surface area contributed by atoms with Crippen molar-refractivity contribution >= 4 is 11.4 Å². The van der Waals surface area contributed by atoms with Gasteiger partial charge >= 0.3 is 0 Å². The van der Waals surface area contributed by atoms with Gasteiger partial charge in [-0.25, -0.2) is 0 Å². The minimum absolute atomic E-state index is 0.563. The minimum atomic E-state index is 0.563. The molecule has 1 saturated carbocycles. The fourth-order valence-electron chi connectivity index (χ4n) is 3.62. The Labute approximate surface area is 140 Å². The van der Waals surface area contributed by atoms with Crippen molar-refractivity contribution in [3.63, 3.8) is 0 Å². The third kappa shape index (κ3) is 4.31. The summed E-state index contributed by atoms with van der Waals surface area (Å²) < 4.78 is 0. The SMILES string of the molecule is CCN(CC)Cc1c(NC2CCCCC2)cc(C)c(N=O)c1C. The minimum Gasteiger partial charge on any atom is -0.382 e. The Hall–Kier alpha value is -1.42. The van der Waals surface area contributed by atoms with Crippen LogP contribution in [0.5, 0.6) is 0 Å². The molecule has 1 N–H and O–H groups in total. The van der Waals surface area contributed by atoms with Crippen LogP contribution in [-0.2, 0) is 6.54 Å². The van der Waals surface area contributed by atoms with Crippen molar-refractivity contribution in [2.24, 2.45) is 5.18 Å². The summed E-state index contributed by atoms with van der Waals surface area (Å²) in [6.45, 7) is 11.3. The normalized spacial score (nSPS) is 15.9. The highest BCUT2D eigenvalue weighted by Gasteiger charge is 2.19. The van der Waals surface area contributed by atoms with Crippen LogP contribution in [0.1, 0.15) is 62.6 Å². The molecule has 4 nitrogen and oxygen atoms in total. The van der Waals surface area contributed by atoms with Crippen molar-refractivity contribution in [3.05, 3.63) is 27.7 Å². The monoisotopic (exact) mass is 317 g/mol. The summed E-state index contributed by atoms with van der Waals surface area (Å²) in [5, 5.41) is 7.05. The van der Waals surface area contributed by atoms with E-state index in [1.807, 2.05) is 13.8 Å². The average molecular weight is 317 g/mol. The lowest BCUT2D eigenvalue weighted by Crippen LogP contribution is -2.26. The van der Waals surface area contributed by atoms with Crippen molar-refractivity contribution in [1.82, 2.24) is 4.90 Å². The van der Waals surface area contributed by atoms with Gasteiger partial charge in [0.1, 0.15) is 5.69 Å². The van der Waals surface area contributed by atoms with Crippen LogP contribution in [0.25, 0.3) is 0 Å². The van der Waals surface area contributed by atoms with Crippen molar-refractivity contribution in [2.45, 2.75) is 72.4 Å². The molecule has 0 aromatic heterocycles. The topological polar surface area (TPSA) is 44.7 Å². The number of nitrogens with zero attached hydrogens (tertiary/aromatic N) is 2. The maximum atomic E-state index is 11.2. The van der Waals surface area contributed by atoms with E-state index in [1.165, 1.54) is 43.4 Å². The number of hydrogen-bond donors (Lipinski definition) is 1. The summed E-state index contributed by atoms with van der Waals surface area (Å²) in [6.07, 6.45) is 6.48. The van der Waals surface area contributed by atoms with E-state index in [0.29, 0.717) is 11.7 Å². The second-order valence-corrected chi connectivity index (χ2v) is 6.73. The van der Waals surface area contributed by atoms with Crippen molar-refractivity contribution in [3.8, 4) is 0 Å². The van der Waals surface area contributed by atoms with Crippen LogP contribution in [0.4, 0.5) is 11.4 Å². The molecule has 1 aromatic carbocycles. The molecule has 128 valence electrons. The van der Waals surface area contributed by atoms with Gasteiger partial charge in [-0.15, -0.1) is 4.91 Å². The summed E-state index contributed by atoms with van der Waals surface area (Å²) in [4.78, 5) is 13.6. The van der Waals surface area contributed by atoms with E-state index in [4.69, 9.17) is 0 Å². The maximum Gasteiger partial charge on any atom is 0.114 e. The first-order valence-corrected chi connectivity index (χ1v) is 9.06. The highest BCUT2D eigenvalue weighted by atomic mass is 16.3. The van der Waals surface area contributed by atoms with Gasteiger partial charge in [0.2, 0.25) is 0 Å². The molecular formula is C19H31N3O. The molecule has 0 bridgehead atoms. The Balaban J connectivity index is 2.35. The van der Waals surface area contributed by atoms with Crippen molar-refractivity contribution in [1.29, 1.82) is 0 Å². The molecule has 0 spiro atoms. The number of nitrogens with one attached hydrogen (secondary N) is 1. The van der Waals surface area contributed by atoms with E-state index < -0.39 is 0 Å². The molecule has 0 amide bonds. The Morgan fingerprint density at radius 3 is 2.39 bits per heavy atom. The first kappa shape index (κ1) is 17.9. The molecule has 1 aliphatic rings. The Bertz CT molecular complexity index is 532. The first-order chi connectivity index (χ1) is 11.1. The maximum absolute atomic E-state index is 11.2. The molecular weight excluding hydrogens is 286 g/mol. The lowest BCUT2D eigenvalue weighted by Gasteiger charge is -2.28. The van der Waals surface area contributed by atoms with E-state index >= 15 is 0 Å². The highest BCUT2D eigenvalue weighted by molar-refractivity contribution is 5.67.